The van der Waals surface area contributed by atoms with E-state index in [1.165, 1.54) is 27.8 Å². The van der Waals surface area contributed by atoms with E-state index in [9.17, 15) is 4.79 Å². The van der Waals surface area contributed by atoms with Gasteiger partial charge in [-0.3, -0.25) is 4.79 Å². The number of hydrogen-bond donors (Lipinski definition) is 1. The Hall–Kier alpha value is -3.03. The number of carbonyl (C=O) groups excluding carboxylic acids is 1. The number of hydrogen-bond acceptors (Lipinski definition) is 5. The summed E-state index contributed by atoms with van der Waals surface area (Å²) in [6, 6.07) is 24.5. The average Bonchev–Trinajstić information content (AvgIpc) is 3.17. The number of imidazole rings is 1. The van der Waals surface area contributed by atoms with Gasteiger partial charge in [0, 0.05) is 4.90 Å². The van der Waals surface area contributed by atoms with Crippen LogP contribution in [0.4, 0.5) is 0 Å². The van der Waals surface area contributed by atoms with Gasteiger partial charge < -0.3 is 4.57 Å². The van der Waals surface area contributed by atoms with E-state index in [1.54, 1.807) is 18.0 Å². The number of aryl methyl sites for hydroxylation is 1. The van der Waals surface area contributed by atoms with Gasteiger partial charge >= 0.3 is 0 Å². The zero-order valence-electron chi connectivity index (χ0n) is 18.0. The van der Waals surface area contributed by atoms with Gasteiger partial charge in [-0.2, -0.15) is 5.10 Å². The van der Waals surface area contributed by atoms with Gasteiger partial charge in [-0.1, -0.05) is 65.9 Å². The molecule has 1 aromatic heterocycles. The van der Waals surface area contributed by atoms with E-state index in [1.807, 2.05) is 48.7 Å². The summed E-state index contributed by atoms with van der Waals surface area (Å²) in [7, 11) is 0. The Labute approximate surface area is 196 Å². The van der Waals surface area contributed by atoms with E-state index in [2.05, 4.69) is 52.3 Å². The molecule has 0 unspecified atom stereocenters. The molecule has 0 bridgehead atoms. The minimum atomic E-state index is -0.166. The lowest BCUT2D eigenvalue weighted by molar-refractivity contribution is -0.118. The van der Waals surface area contributed by atoms with Gasteiger partial charge in [0.05, 0.1) is 29.5 Å². The van der Waals surface area contributed by atoms with Gasteiger partial charge in [-0.25, -0.2) is 10.4 Å². The number of aromatic nitrogens is 2. The van der Waals surface area contributed by atoms with Gasteiger partial charge in [0.1, 0.15) is 0 Å². The van der Waals surface area contributed by atoms with Crippen molar-refractivity contribution in [2.45, 2.75) is 23.5 Å². The average molecular weight is 461 g/mol. The summed E-state index contributed by atoms with van der Waals surface area (Å²) in [5, 5.41) is 4.90. The fourth-order valence-corrected chi connectivity index (χ4v) is 4.44. The van der Waals surface area contributed by atoms with Crippen molar-refractivity contribution in [3.05, 3.63) is 89.5 Å². The van der Waals surface area contributed by atoms with Crippen LogP contribution in [0.25, 0.3) is 11.0 Å². The van der Waals surface area contributed by atoms with Crippen LogP contribution in [0.3, 0.4) is 0 Å². The maximum Gasteiger partial charge on any atom is 0.250 e. The number of nitrogens with zero attached hydrogens (tertiary/aromatic N) is 3. The molecule has 32 heavy (non-hydrogen) atoms. The summed E-state index contributed by atoms with van der Waals surface area (Å²) < 4.78 is 2.16. The second-order valence-corrected chi connectivity index (χ2v) is 9.13. The monoisotopic (exact) mass is 460 g/mol. The van der Waals surface area contributed by atoms with Gasteiger partial charge in [0.2, 0.25) is 0 Å². The van der Waals surface area contributed by atoms with E-state index in [0.717, 1.165) is 21.8 Å². The van der Waals surface area contributed by atoms with E-state index in [4.69, 9.17) is 4.98 Å². The van der Waals surface area contributed by atoms with Crippen LogP contribution in [-0.2, 0) is 11.3 Å². The number of para-hydroxylation sites is 2. The van der Waals surface area contributed by atoms with Gasteiger partial charge in [-0.05, 0) is 48.6 Å². The Bertz CT molecular complexity index is 1230. The van der Waals surface area contributed by atoms with Gasteiger partial charge in [-0.15, -0.1) is 11.8 Å². The van der Waals surface area contributed by atoms with Crippen molar-refractivity contribution in [1.29, 1.82) is 0 Å². The molecule has 4 rings (SSSR count). The van der Waals surface area contributed by atoms with Crippen LogP contribution in [0, 0.1) is 6.92 Å². The van der Waals surface area contributed by atoms with Crippen molar-refractivity contribution in [2.24, 2.45) is 5.10 Å². The van der Waals surface area contributed by atoms with Crippen LogP contribution in [0.5, 0.6) is 0 Å². The summed E-state index contributed by atoms with van der Waals surface area (Å²) in [6.07, 6.45) is 3.69. The van der Waals surface area contributed by atoms with E-state index in [-0.39, 0.29) is 11.7 Å². The summed E-state index contributed by atoms with van der Waals surface area (Å²) >= 11 is 3.11. The Morgan fingerprint density at radius 3 is 2.56 bits per heavy atom. The number of hydrazone groups is 1. The molecule has 0 fully saturated rings. The van der Waals surface area contributed by atoms with Crippen molar-refractivity contribution in [3.63, 3.8) is 0 Å². The van der Waals surface area contributed by atoms with Crippen LogP contribution in [-0.4, -0.2) is 33.7 Å². The second-order valence-electron chi connectivity index (χ2n) is 7.31. The van der Waals surface area contributed by atoms with Crippen LogP contribution in [0.15, 0.2) is 87.9 Å². The van der Waals surface area contributed by atoms with E-state index < -0.39 is 0 Å². The second kappa shape index (κ2) is 10.5. The molecule has 5 nitrogen and oxygen atoms in total. The summed E-state index contributed by atoms with van der Waals surface area (Å²) in [5.74, 6) is 0.0703. The van der Waals surface area contributed by atoms with Crippen molar-refractivity contribution in [1.82, 2.24) is 15.0 Å². The third-order valence-electron chi connectivity index (χ3n) is 4.93. The Morgan fingerprint density at radius 2 is 1.81 bits per heavy atom. The number of fused-ring (bicyclic) bond motifs is 1. The normalized spacial score (nSPS) is 11.3. The minimum absolute atomic E-state index is 0.166. The fraction of sp³-hybridized carbons (Fsp3) is 0.160. The predicted molar refractivity (Wildman–Crippen MR) is 135 cm³/mol. The summed E-state index contributed by atoms with van der Waals surface area (Å²) in [6.45, 7) is 2.78. The highest BCUT2D eigenvalue weighted by molar-refractivity contribution is 7.99. The Kier molecular flexibility index (Phi) is 7.29. The smallest absolute Gasteiger partial charge is 0.250 e. The maximum atomic E-state index is 12.3. The molecule has 4 aromatic rings. The van der Waals surface area contributed by atoms with Crippen molar-refractivity contribution in [3.8, 4) is 0 Å². The predicted octanol–water partition coefficient (Wildman–Crippen LogP) is 5.36. The highest BCUT2D eigenvalue weighted by Gasteiger charge is 2.13. The molecule has 0 saturated heterocycles. The first kappa shape index (κ1) is 22.2. The quantitative estimate of drug-likeness (QED) is 0.219. The maximum absolute atomic E-state index is 12.3. The first-order valence-corrected chi connectivity index (χ1v) is 12.4. The van der Waals surface area contributed by atoms with E-state index >= 15 is 0 Å². The first-order chi connectivity index (χ1) is 15.6. The standard InChI is InChI=1S/C25H24N4OS2/c1-18-7-9-20(10-8-18)16-29-23-6-4-3-5-22(23)27-25(29)32-17-24(30)28-26-15-19-11-13-21(31-2)14-12-19/h3-15H,16-17H2,1-2H3,(H,28,30)/b26-15-. The number of carbonyl (C=O) groups is 1. The van der Waals surface area contributed by atoms with Crippen molar-refractivity contribution in [2.75, 3.05) is 12.0 Å². The van der Waals surface area contributed by atoms with Gasteiger partial charge in [0.25, 0.3) is 5.91 Å². The molecule has 162 valence electrons. The highest BCUT2D eigenvalue weighted by Crippen LogP contribution is 2.25. The third-order valence-corrected chi connectivity index (χ3v) is 6.65. The lowest BCUT2D eigenvalue weighted by Gasteiger charge is -2.09. The number of amides is 1. The molecule has 0 aliphatic carbocycles. The molecule has 0 aliphatic heterocycles. The highest BCUT2D eigenvalue weighted by atomic mass is 32.2. The molecule has 1 N–H and O–H groups in total. The Balaban J connectivity index is 1.42. The molecule has 0 spiro atoms. The fourth-order valence-electron chi connectivity index (χ4n) is 3.22. The van der Waals surface area contributed by atoms with Crippen molar-refractivity contribution < 1.29 is 4.79 Å². The van der Waals surface area contributed by atoms with Crippen LogP contribution < -0.4 is 5.43 Å². The minimum Gasteiger partial charge on any atom is -0.314 e. The molecule has 0 atom stereocenters. The number of nitrogens with one attached hydrogen (secondary N) is 1. The number of benzene rings is 3. The van der Waals surface area contributed by atoms with Gasteiger partial charge in [0.15, 0.2) is 5.16 Å². The van der Waals surface area contributed by atoms with Crippen LogP contribution in [0.1, 0.15) is 16.7 Å². The van der Waals surface area contributed by atoms with Crippen molar-refractivity contribution >= 4 is 46.7 Å². The molecule has 7 heteroatoms. The molecule has 3 aromatic carbocycles. The zero-order valence-corrected chi connectivity index (χ0v) is 19.6. The molecule has 1 amide bonds. The topological polar surface area (TPSA) is 59.3 Å². The number of rotatable bonds is 8. The molecular formula is C25H24N4OS2. The lowest BCUT2D eigenvalue weighted by Crippen LogP contribution is -2.20. The third kappa shape index (κ3) is 5.60. The molecule has 0 aliphatic rings. The molecule has 0 saturated carbocycles. The lowest BCUT2D eigenvalue weighted by atomic mass is 10.1. The zero-order chi connectivity index (χ0) is 22.3. The largest absolute Gasteiger partial charge is 0.314 e. The Morgan fingerprint density at radius 1 is 1.06 bits per heavy atom. The SMILES string of the molecule is CSc1ccc(/C=N\NC(=O)CSc2nc3ccccc3n2Cc2ccc(C)cc2)cc1. The molecular weight excluding hydrogens is 436 g/mol. The number of thioether (sulfide) groups is 2. The molecule has 0 radical (unpaired) electrons. The first-order valence-electron chi connectivity index (χ1n) is 10.2. The summed E-state index contributed by atoms with van der Waals surface area (Å²) in [5.41, 5.74) is 7.96. The summed E-state index contributed by atoms with van der Waals surface area (Å²) in [4.78, 5) is 18.3. The van der Waals surface area contributed by atoms with Crippen LogP contribution in [0.2, 0.25) is 0 Å². The van der Waals surface area contributed by atoms with E-state index in [0.29, 0.717) is 6.54 Å². The van der Waals surface area contributed by atoms with Crippen LogP contribution >= 0.6 is 23.5 Å². The molecule has 1 heterocycles.